The zero-order valence-corrected chi connectivity index (χ0v) is 19.0. The minimum atomic E-state index is -1.30. The number of benzene rings is 1. The van der Waals surface area contributed by atoms with E-state index in [9.17, 15) is 19.1 Å². The average Bonchev–Trinajstić information content (AvgIpc) is 3.52. The largest absolute Gasteiger partial charge is 0.457 e. The fourth-order valence-electron chi connectivity index (χ4n) is 4.58. The number of alkyl halides is 1. The van der Waals surface area contributed by atoms with Crippen molar-refractivity contribution in [2.75, 3.05) is 19.6 Å². The summed E-state index contributed by atoms with van der Waals surface area (Å²) >= 11 is 0. The van der Waals surface area contributed by atoms with Gasteiger partial charge in [-0.1, -0.05) is 6.07 Å². The van der Waals surface area contributed by atoms with Crippen molar-refractivity contribution in [1.29, 1.82) is 0 Å². The second kappa shape index (κ2) is 9.47. The van der Waals surface area contributed by atoms with Crippen molar-refractivity contribution in [3.8, 4) is 5.69 Å². The number of carbonyl (C=O) groups is 2. The van der Waals surface area contributed by atoms with E-state index in [1.165, 1.54) is 23.4 Å². The van der Waals surface area contributed by atoms with Crippen LogP contribution in [0.1, 0.15) is 49.9 Å². The Morgan fingerprint density at radius 1 is 1.37 bits per heavy atom. The molecule has 12 heteroatoms. The number of rotatable bonds is 6. The Hall–Kier alpha value is -3.77. The number of aliphatic hydroxyl groups excluding tert-OH is 1. The molecule has 0 bridgehead atoms. The molecule has 35 heavy (non-hydrogen) atoms. The molecule has 1 aromatic carbocycles. The molecule has 2 aliphatic rings. The van der Waals surface area contributed by atoms with E-state index in [-0.39, 0.29) is 31.2 Å². The van der Waals surface area contributed by atoms with Gasteiger partial charge in [0.05, 0.1) is 35.2 Å². The van der Waals surface area contributed by atoms with Crippen molar-refractivity contribution in [2.24, 2.45) is 0 Å². The van der Waals surface area contributed by atoms with Crippen LogP contribution in [0.4, 0.5) is 4.39 Å². The minimum Gasteiger partial charge on any atom is -0.457 e. The number of halogens is 1. The number of hydrogen-bond donors (Lipinski definition) is 2. The maximum atomic E-state index is 15.0. The number of pyridine rings is 1. The maximum Gasteiger partial charge on any atom is 0.338 e. The lowest BCUT2D eigenvalue weighted by Gasteiger charge is -2.36. The second-order valence-electron chi connectivity index (χ2n) is 8.73. The summed E-state index contributed by atoms with van der Waals surface area (Å²) < 4.78 is 21.4. The summed E-state index contributed by atoms with van der Waals surface area (Å²) in [4.78, 5) is 30.3. The van der Waals surface area contributed by atoms with Crippen LogP contribution in [0.15, 0.2) is 36.9 Å². The summed E-state index contributed by atoms with van der Waals surface area (Å²) in [6.07, 6.45) is 2.56. The third-order valence-corrected chi connectivity index (χ3v) is 6.54. The van der Waals surface area contributed by atoms with Crippen LogP contribution in [0.2, 0.25) is 0 Å². The number of nitrogens with one attached hydrogen (secondary N) is 1. The van der Waals surface area contributed by atoms with Gasteiger partial charge >= 0.3 is 5.97 Å². The van der Waals surface area contributed by atoms with Crippen molar-refractivity contribution in [2.45, 2.75) is 38.3 Å². The van der Waals surface area contributed by atoms with E-state index in [0.29, 0.717) is 29.8 Å². The third-order valence-electron chi connectivity index (χ3n) is 6.54. The first kappa shape index (κ1) is 23.0. The summed E-state index contributed by atoms with van der Waals surface area (Å²) in [5.74, 6) is -0.787. The number of tetrazole rings is 1. The van der Waals surface area contributed by atoms with Crippen molar-refractivity contribution in [3.05, 3.63) is 64.7 Å². The quantitative estimate of drug-likeness (QED) is 0.493. The molecule has 2 aromatic heterocycles. The fraction of sp³-hybridized carbons (Fsp3) is 0.391. The van der Waals surface area contributed by atoms with E-state index in [1.807, 2.05) is 11.8 Å². The number of hydrogen-bond acceptors (Lipinski definition) is 9. The third kappa shape index (κ3) is 4.62. The lowest BCUT2D eigenvalue weighted by Crippen LogP contribution is -2.53. The predicted molar refractivity (Wildman–Crippen MR) is 119 cm³/mol. The second-order valence-corrected chi connectivity index (χ2v) is 8.73. The number of aliphatic hydroxyl groups is 1. The van der Waals surface area contributed by atoms with E-state index in [2.05, 4.69) is 25.8 Å². The Balaban J connectivity index is 1.18. The summed E-state index contributed by atoms with van der Waals surface area (Å²) in [6, 6.07) is 4.31. The highest BCUT2D eigenvalue weighted by Gasteiger charge is 2.32. The SMILES string of the molecule is Cc1c([C@@H](O)CN2CC[C@H](NC(=O)c3cncc(-n4cnnn4)c3)[C@H](F)C2)ccc2c1COC2=O. The van der Waals surface area contributed by atoms with Gasteiger partial charge < -0.3 is 15.2 Å². The molecule has 5 rings (SSSR count). The van der Waals surface area contributed by atoms with Crippen LogP contribution in [0.5, 0.6) is 0 Å². The Morgan fingerprint density at radius 3 is 3.00 bits per heavy atom. The Labute approximate surface area is 199 Å². The van der Waals surface area contributed by atoms with E-state index < -0.39 is 24.2 Å². The maximum absolute atomic E-state index is 15.0. The van der Waals surface area contributed by atoms with Crippen molar-refractivity contribution >= 4 is 11.9 Å². The van der Waals surface area contributed by atoms with Crippen molar-refractivity contribution in [1.82, 2.24) is 35.4 Å². The van der Waals surface area contributed by atoms with E-state index in [1.54, 1.807) is 18.2 Å². The first-order valence-corrected chi connectivity index (χ1v) is 11.2. The number of aromatic nitrogens is 5. The number of piperidine rings is 1. The monoisotopic (exact) mass is 481 g/mol. The Morgan fingerprint density at radius 2 is 2.23 bits per heavy atom. The highest BCUT2D eigenvalue weighted by atomic mass is 19.1. The molecule has 0 unspecified atom stereocenters. The van der Waals surface area contributed by atoms with E-state index in [4.69, 9.17) is 4.74 Å². The molecule has 0 saturated carbocycles. The van der Waals surface area contributed by atoms with Crippen LogP contribution < -0.4 is 5.32 Å². The number of esters is 1. The average molecular weight is 481 g/mol. The molecule has 0 spiro atoms. The molecule has 182 valence electrons. The van der Waals surface area contributed by atoms with E-state index >= 15 is 0 Å². The summed E-state index contributed by atoms with van der Waals surface area (Å²) in [5, 5.41) is 24.5. The number of β-amino-alcohol motifs (C(OH)–C–C–N with tert-alkyl or cyclic N) is 1. The summed E-state index contributed by atoms with van der Waals surface area (Å²) in [5.41, 5.74) is 3.62. The highest BCUT2D eigenvalue weighted by molar-refractivity contribution is 5.94. The number of nitrogens with zero attached hydrogens (tertiary/aromatic N) is 6. The predicted octanol–water partition coefficient (Wildman–Crippen LogP) is 0.912. The van der Waals surface area contributed by atoms with Gasteiger partial charge in [-0.2, -0.15) is 4.68 Å². The number of carbonyl (C=O) groups excluding carboxylic acids is 2. The Kier molecular flexibility index (Phi) is 6.22. The minimum absolute atomic E-state index is 0.0799. The van der Waals surface area contributed by atoms with Gasteiger partial charge in [0.25, 0.3) is 5.91 Å². The molecule has 4 heterocycles. The molecule has 11 nitrogen and oxygen atoms in total. The summed E-state index contributed by atoms with van der Waals surface area (Å²) in [6.45, 7) is 2.88. The lowest BCUT2D eigenvalue weighted by atomic mass is 9.94. The number of amides is 1. The van der Waals surface area contributed by atoms with Crippen LogP contribution in [0.25, 0.3) is 5.69 Å². The zero-order chi connectivity index (χ0) is 24.5. The molecule has 1 saturated heterocycles. The number of cyclic esters (lactones) is 1. The molecule has 2 N–H and O–H groups in total. The van der Waals surface area contributed by atoms with Gasteiger partial charge in [0.2, 0.25) is 0 Å². The molecular weight excluding hydrogens is 457 g/mol. The van der Waals surface area contributed by atoms with E-state index in [0.717, 1.165) is 11.1 Å². The fourth-order valence-corrected chi connectivity index (χ4v) is 4.58. The highest BCUT2D eigenvalue weighted by Crippen LogP contribution is 2.30. The zero-order valence-electron chi connectivity index (χ0n) is 19.0. The first-order valence-electron chi connectivity index (χ1n) is 11.2. The van der Waals surface area contributed by atoms with Crippen molar-refractivity contribution in [3.63, 3.8) is 0 Å². The van der Waals surface area contributed by atoms with Crippen molar-refractivity contribution < 1.29 is 23.8 Å². The standard InChI is InChI=1S/C23H24FN7O4/c1-13-16(2-3-17-18(13)11-35-23(17)34)21(32)10-30-5-4-20(19(24)9-30)27-22(33)14-6-15(8-25-7-14)31-12-26-28-29-31/h2-3,6-8,12,19-21,32H,4-5,9-11H2,1H3,(H,27,33)/t19-,20+,21+/m1/s1. The van der Waals surface area contributed by atoms with Gasteiger partial charge in [0.15, 0.2) is 0 Å². The van der Waals surface area contributed by atoms with Gasteiger partial charge in [-0.05, 0) is 47.0 Å². The molecule has 3 atom stereocenters. The smallest absolute Gasteiger partial charge is 0.338 e. The summed E-state index contributed by atoms with van der Waals surface area (Å²) in [7, 11) is 0. The molecule has 0 radical (unpaired) electrons. The van der Waals surface area contributed by atoms with Gasteiger partial charge in [0, 0.05) is 31.4 Å². The lowest BCUT2D eigenvalue weighted by molar-refractivity contribution is 0.0527. The number of likely N-dealkylation sites (tertiary alicyclic amines) is 1. The normalized spacial score (nSPS) is 20.8. The molecule has 3 aromatic rings. The first-order chi connectivity index (χ1) is 16.9. The van der Waals surface area contributed by atoms with Crippen LogP contribution in [-0.4, -0.2) is 78.9 Å². The number of ether oxygens (including phenoxy) is 1. The molecule has 2 aliphatic heterocycles. The van der Waals surface area contributed by atoms with Crippen LogP contribution >= 0.6 is 0 Å². The molecule has 1 fully saturated rings. The van der Waals surface area contributed by atoms with Gasteiger partial charge in [0.1, 0.15) is 19.1 Å². The van der Waals surface area contributed by atoms with Gasteiger partial charge in [-0.3, -0.25) is 14.7 Å². The number of fused-ring (bicyclic) bond motifs is 1. The molecular formula is C23H24FN7O4. The molecule has 0 aliphatic carbocycles. The van der Waals surface area contributed by atoms with Crippen LogP contribution in [-0.2, 0) is 11.3 Å². The molecule has 1 amide bonds. The van der Waals surface area contributed by atoms with Crippen LogP contribution in [0, 0.1) is 6.92 Å². The van der Waals surface area contributed by atoms with Gasteiger partial charge in [-0.15, -0.1) is 5.10 Å². The van der Waals surface area contributed by atoms with Crippen LogP contribution in [0.3, 0.4) is 0 Å². The topological polar surface area (TPSA) is 135 Å². The van der Waals surface area contributed by atoms with Gasteiger partial charge in [-0.25, -0.2) is 9.18 Å². The Bertz CT molecular complexity index is 1250.